The normalized spacial score (nSPS) is 10.4. The van der Waals surface area contributed by atoms with Gasteiger partial charge in [0.2, 0.25) is 5.91 Å². The first-order valence-corrected chi connectivity index (χ1v) is 6.63. The van der Waals surface area contributed by atoms with Gasteiger partial charge in [0.15, 0.2) is 0 Å². The van der Waals surface area contributed by atoms with Crippen LogP contribution in [0.2, 0.25) is 0 Å². The lowest BCUT2D eigenvalue weighted by atomic mass is 10.1. The standard InChI is InChI=1S/C15H24N2O/c1-4-5-9-17(3)15(18)12-16-11-14-8-6-7-13(2)10-14/h6-8,10,16H,4-5,9,11-12H2,1-3H3. The van der Waals surface area contributed by atoms with Crippen LogP contribution in [0.15, 0.2) is 24.3 Å². The Morgan fingerprint density at radius 1 is 1.39 bits per heavy atom. The highest BCUT2D eigenvalue weighted by molar-refractivity contribution is 5.77. The molecule has 3 nitrogen and oxygen atoms in total. The molecule has 0 atom stereocenters. The van der Waals surface area contributed by atoms with E-state index in [-0.39, 0.29) is 5.91 Å². The molecule has 0 radical (unpaired) electrons. The molecule has 1 amide bonds. The van der Waals surface area contributed by atoms with Crippen molar-refractivity contribution in [2.75, 3.05) is 20.1 Å². The van der Waals surface area contributed by atoms with Gasteiger partial charge in [-0.25, -0.2) is 0 Å². The van der Waals surface area contributed by atoms with Crippen LogP contribution in [0.4, 0.5) is 0 Å². The Kier molecular flexibility index (Phi) is 6.44. The first-order chi connectivity index (χ1) is 8.63. The van der Waals surface area contributed by atoms with Crippen molar-refractivity contribution in [2.45, 2.75) is 33.2 Å². The van der Waals surface area contributed by atoms with Gasteiger partial charge < -0.3 is 10.2 Å². The van der Waals surface area contributed by atoms with Gasteiger partial charge in [0.1, 0.15) is 0 Å². The fourth-order valence-electron chi connectivity index (χ4n) is 1.79. The summed E-state index contributed by atoms with van der Waals surface area (Å²) in [5.41, 5.74) is 2.47. The maximum absolute atomic E-state index is 11.8. The van der Waals surface area contributed by atoms with Gasteiger partial charge >= 0.3 is 0 Å². The van der Waals surface area contributed by atoms with Crippen molar-refractivity contribution in [3.8, 4) is 0 Å². The van der Waals surface area contributed by atoms with Crippen LogP contribution in [0.3, 0.4) is 0 Å². The summed E-state index contributed by atoms with van der Waals surface area (Å²) in [6.45, 7) is 6.21. The largest absolute Gasteiger partial charge is 0.345 e. The minimum absolute atomic E-state index is 0.163. The molecule has 0 fully saturated rings. The van der Waals surface area contributed by atoms with E-state index in [0.29, 0.717) is 6.54 Å². The van der Waals surface area contributed by atoms with Crippen molar-refractivity contribution < 1.29 is 4.79 Å². The fraction of sp³-hybridized carbons (Fsp3) is 0.533. The van der Waals surface area contributed by atoms with Gasteiger partial charge in [0.05, 0.1) is 6.54 Å². The van der Waals surface area contributed by atoms with E-state index >= 15 is 0 Å². The summed E-state index contributed by atoms with van der Waals surface area (Å²) in [7, 11) is 1.87. The zero-order valence-electron chi connectivity index (χ0n) is 11.7. The van der Waals surface area contributed by atoms with E-state index in [1.54, 1.807) is 4.90 Å². The Hall–Kier alpha value is -1.35. The molecule has 100 valence electrons. The summed E-state index contributed by atoms with van der Waals surface area (Å²) in [5.74, 6) is 0.163. The van der Waals surface area contributed by atoms with Crippen LogP contribution in [0.5, 0.6) is 0 Å². The molecule has 0 saturated heterocycles. The van der Waals surface area contributed by atoms with Crippen molar-refractivity contribution >= 4 is 5.91 Å². The van der Waals surface area contributed by atoms with E-state index in [0.717, 1.165) is 25.9 Å². The van der Waals surface area contributed by atoms with Gasteiger partial charge in [-0.3, -0.25) is 4.79 Å². The molecule has 1 aromatic carbocycles. The van der Waals surface area contributed by atoms with Crippen LogP contribution in [-0.2, 0) is 11.3 Å². The lowest BCUT2D eigenvalue weighted by Gasteiger charge is -2.17. The number of unbranched alkanes of at least 4 members (excludes halogenated alkanes) is 1. The van der Waals surface area contributed by atoms with Crippen LogP contribution in [0.1, 0.15) is 30.9 Å². The number of rotatable bonds is 7. The highest BCUT2D eigenvalue weighted by Gasteiger charge is 2.06. The third-order valence-corrected chi connectivity index (χ3v) is 2.96. The molecule has 1 N–H and O–H groups in total. The van der Waals surface area contributed by atoms with Gasteiger partial charge in [-0.1, -0.05) is 43.2 Å². The van der Waals surface area contributed by atoms with Gasteiger partial charge in [-0.2, -0.15) is 0 Å². The number of likely N-dealkylation sites (N-methyl/N-ethyl adjacent to an activating group) is 1. The Balaban J connectivity index is 2.27. The van der Waals surface area contributed by atoms with Crippen molar-refractivity contribution in [1.29, 1.82) is 0 Å². The molecule has 0 aliphatic heterocycles. The number of hydrogen-bond acceptors (Lipinski definition) is 2. The summed E-state index contributed by atoms with van der Waals surface area (Å²) in [5, 5.41) is 3.19. The molecule has 18 heavy (non-hydrogen) atoms. The zero-order valence-corrected chi connectivity index (χ0v) is 11.7. The molecule has 0 heterocycles. The molecule has 0 unspecified atom stereocenters. The van der Waals surface area contributed by atoms with E-state index in [4.69, 9.17) is 0 Å². The quantitative estimate of drug-likeness (QED) is 0.803. The summed E-state index contributed by atoms with van der Waals surface area (Å²) < 4.78 is 0. The molecule has 0 aromatic heterocycles. The highest BCUT2D eigenvalue weighted by atomic mass is 16.2. The summed E-state index contributed by atoms with van der Waals surface area (Å²) in [6, 6.07) is 8.33. The third-order valence-electron chi connectivity index (χ3n) is 2.96. The predicted octanol–water partition coefficient (Wildman–Crippen LogP) is 2.34. The van der Waals surface area contributed by atoms with Gasteiger partial charge in [0, 0.05) is 20.1 Å². The third kappa shape index (κ3) is 5.32. The second-order valence-electron chi connectivity index (χ2n) is 4.76. The average molecular weight is 248 g/mol. The molecule has 0 saturated carbocycles. The minimum atomic E-state index is 0.163. The van der Waals surface area contributed by atoms with Crippen LogP contribution >= 0.6 is 0 Å². The maximum Gasteiger partial charge on any atom is 0.236 e. The Bertz CT molecular complexity index is 377. The SMILES string of the molecule is CCCCN(C)C(=O)CNCc1cccc(C)c1. The van der Waals surface area contributed by atoms with E-state index in [1.807, 2.05) is 13.1 Å². The van der Waals surface area contributed by atoms with E-state index < -0.39 is 0 Å². The molecule has 0 spiro atoms. The molecule has 0 aliphatic rings. The lowest BCUT2D eigenvalue weighted by molar-refractivity contribution is -0.129. The highest BCUT2D eigenvalue weighted by Crippen LogP contribution is 2.03. The number of hydrogen-bond donors (Lipinski definition) is 1. The number of amides is 1. The zero-order chi connectivity index (χ0) is 13.4. The molecule has 0 aliphatic carbocycles. The van der Waals surface area contributed by atoms with E-state index in [9.17, 15) is 4.79 Å². The Morgan fingerprint density at radius 2 is 2.17 bits per heavy atom. The van der Waals surface area contributed by atoms with Crippen molar-refractivity contribution in [3.05, 3.63) is 35.4 Å². The second kappa shape index (κ2) is 7.88. The predicted molar refractivity (Wildman–Crippen MR) is 75.4 cm³/mol. The molecule has 3 heteroatoms. The summed E-state index contributed by atoms with van der Waals surface area (Å²) in [6.07, 6.45) is 2.19. The number of aryl methyl sites for hydroxylation is 1. The summed E-state index contributed by atoms with van der Waals surface area (Å²) in [4.78, 5) is 13.6. The smallest absolute Gasteiger partial charge is 0.236 e. The summed E-state index contributed by atoms with van der Waals surface area (Å²) >= 11 is 0. The molecule has 1 rings (SSSR count). The van der Waals surface area contributed by atoms with E-state index in [2.05, 4.69) is 37.4 Å². The average Bonchev–Trinajstić information content (AvgIpc) is 2.35. The number of carbonyl (C=O) groups excluding carboxylic acids is 1. The Morgan fingerprint density at radius 3 is 2.83 bits per heavy atom. The topological polar surface area (TPSA) is 32.3 Å². The lowest BCUT2D eigenvalue weighted by Crippen LogP contribution is -2.35. The maximum atomic E-state index is 11.8. The number of nitrogens with one attached hydrogen (secondary N) is 1. The fourth-order valence-corrected chi connectivity index (χ4v) is 1.79. The number of nitrogens with zero attached hydrogens (tertiary/aromatic N) is 1. The van der Waals surface area contributed by atoms with Crippen LogP contribution in [0, 0.1) is 6.92 Å². The van der Waals surface area contributed by atoms with Crippen LogP contribution in [-0.4, -0.2) is 30.9 Å². The van der Waals surface area contributed by atoms with Crippen molar-refractivity contribution in [3.63, 3.8) is 0 Å². The van der Waals surface area contributed by atoms with Gasteiger partial charge in [0.25, 0.3) is 0 Å². The van der Waals surface area contributed by atoms with Crippen molar-refractivity contribution in [2.24, 2.45) is 0 Å². The molecular weight excluding hydrogens is 224 g/mol. The molecule has 1 aromatic rings. The molecular formula is C15H24N2O. The van der Waals surface area contributed by atoms with Gasteiger partial charge in [-0.05, 0) is 18.9 Å². The Labute approximate surface area is 110 Å². The van der Waals surface area contributed by atoms with Crippen LogP contribution < -0.4 is 5.32 Å². The first kappa shape index (κ1) is 14.7. The van der Waals surface area contributed by atoms with Gasteiger partial charge in [-0.15, -0.1) is 0 Å². The van der Waals surface area contributed by atoms with E-state index in [1.165, 1.54) is 11.1 Å². The second-order valence-corrected chi connectivity index (χ2v) is 4.76. The molecule has 0 bridgehead atoms. The minimum Gasteiger partial charge on any atom is -0.345 e. The van der Waals surface area contributed by atoms with Crippen LogP contribution in [0.25, 0.3) is 0 Å². The number of carbonyl (C=O) groups is 1. The van der Waals surface area contributed by atoms with Crippen molar-refractivity contribution in [1.82, 2.24) is 10.2 Å². The number of benzene rings is 1. The monoisotopic (exact) mass is 248 g/mol. The first-order valence-electron chi connectivity index (χ1n) is 6.63.